The van der Waals surface area contributed by atoms with Gasteiger partial charge in [0.25, 0.3) is 0 Å². The maximum Gasteiger partial charge on any atom is 0.305 e. The first-order chi connectivity index (χ1) is 22.6. The smallest absolute Gasteiger partial charge is 0.305 e. The van der Waals surface area contributed by atoms with Crippen molar-refractivity contribution in [3.8, 4) is 0 Å². The van der Waals surface area contributed by atoms with Crippen LogP contribution in [0.1, 0.15) is 174 Å². The number of hydrogen-bond acceptors (Lipinski definition) is 6. The molecular formula is C40H70O6. The summed E-state index contributed by atoms with van der Waals surface area (Å²) in [5.74, 6) is -0.636. The molecule has 1 aliphatic rings. The summed E-state index contributed by atoms with van der Waals surface area (Å²) in [6.45, 7) is 4.21. The van der Waals surface area contributed by atoms with Crippen LogP contribution in [-0.4, -0.2) is 48.6 Å². The van der Waals surface area contributed by atoms with Crippen molar-refractivity contribution in [1.82, 2.24) is 0 Å². The molecule has 1 saturated heterocycles. The molecule has 0 aliphatic carbocycles. The molecule has 2 unspecified atom stereocenters. The van der Waals surface area contributed by atoms with Crippen LogP contribution in [0, 0.1) is 0 Å². The van der Waals surface area contributed by atoms with Crippen molar-refractivity contribution >= 4 is 11.9 Å². The predicted octanol–water partition coefficient (Wildman–Crippen LogP) is 10.7. The highest BCUT2D eigenvalue weighted by molar-refractivity contribution is 5.69. The molecule has 0 radical (unpaired) electrons. The number of carbonyl (C=O) groups is 2. The lowest BCUT2D eigenvalue weighted by atomic mass is 10.0. The molecule has 0 aromatic carbocycles. The highest BCUT2D eigenvalue weighted by atomic mass is 16.6. The van der Waals surface area contributed by atoms with E-state index < -0.39 is 6.10 Å². The average Bonchev–Trinajstić information content (AvgIpc) is 3.81. The van der Waals surface area contributed by atoms with E-state index in [0.29, 0.717) is 19.3 Å². The molecule has 1 rings (SSSR count). The summed E-state index contributed by atoms with van der Waals surface area (Å²) in [4.78, 5) is 24.0. The van der Waals surface area contributed by atoms with Gasteiger partial charge in [-0.3, -0.25) is 9.59 Å². The van der Waals surface area contributed by atoms with Crippen molar-refractivity contribution in [3.05, 3.63) is 36.5 Å². The fourth-order valence-corrected chi connectivity index (χ4v) is 5.53. The van der Waals surface area contributed by atoms with Crippen LogP contribution < -0.4 is 0 Å². The van der Waals surface area contributed by atoms with Gasteiger partial charge in [-0.2, -0.15) is 0 Å². The first-order valence-corrected chi connectivity index (χ1v) is 19.2. The molecule has 1 N–H and O–H groups in total. The van der Waals surface area contributed by atoms with E-state index in [4.69, 9.17) is 14.2 Å². The molecular weight excluding hydrogens is 576 g/mol. The van der Waals surface area contributed by atoms with Crippen molar-refractivity contribution in [2.75, 3.05) is 13.2 Å². The molecule has 0 bridgehead atoms. The summed E-state index contributed by atoms with van der Waals surface area (Å²) in [5, 5.41) is 10.0. The zero-order chi connectivity index (χ0) is 33.3. The second kappa shape index (κ2) is 31.7. The molecule has 1 aliphatic heterocycles. The largest absolute Gasteiger partial charge is 0.463 e. The van der Waals surface area contributed by atoms with Crippen LogP contribution in [-0.2, 0) is 23.8 Å². The minimum atomic E-state index is -0.992. The number of carbonyl (C=O) groups excluding carboxylic acids is 2. The normalized spacial score (nSPS) is 16.9. The summed E-state index contributed by atoms with van der Waals surface area (Å²) in [5.41, 5.74) is 0. The molecule has 0 amide bonds. The predicted molar refractivity (Wildman–Crippen MR) is 191 cm³/mol. The van der Waals surface area contributed by atoms with Crippen LogP contribution in [0.5, 0.6) is 0 Å². The van der Waals surface area contributed by atoms with E-state index in [9.17, 15) is 14.7 Å². The lowest BCUT2D eigenvalue weighted by molar-refractivity contribution is -0.152. The van der Waals surface area contributed by atoms with Crippen LogP contribution >= 0.6 is 0 Å². The van der Waals surface area contributed by atoms with Crippen LogP contribution in [0.25, 0.3) is 0 Å². The Hall–Kier alpha value is -1.92. The number of aliphatic hydroxyl groups is 1. The highest BCUT2D eigenvalue weighted by Crippen LogP contribution is 2.30. The van der Waals surface area contributed by atoms with Crippen LogP contribution in [0.4, 0.5) is 0 Å². The number of hydrogen-bond donors (Lipinski definition) is 1. The minimum absolute atomic E-state index is 0.137. The van der Waals surface area contributed by atoms with Crippen molar-refractivity contribution in [2.45, 2.75) is 193 Å². The van der Waals surface area contributed by atoms with Crippen molar-refractivity contribution in [2.24, 2.45) is 0 Å². The number of allylic oxidation sites excluding steroid dienone is 5. The monoisotopic (exact) mass is 647 g/mol. The van der Waals surface area contributed by atoms with E-state index in [0.717, 1.165) is 44.9 Å². The Balaban J connectivity index is 1.88. The van der Waals surface area contributed by atoms with E-state index in [1.54, 1.807) is 0 Å². The number of rotatable bonds is 33. The minimum Gasteiger partial charge on any atom is -0.463 e. The van der Waals surface area contributed by atoms with Gasteiger partial charge in [-0.25, -0.2) is 0 Å². The molecule has 46 heavy (non-hydrogen) atoms. The summed E-state index contributed by atoms with van der Waals surface area (Å²) < 4.78 is 16.0. The highest BCUT2D eigenvalue weighted by Gasteiger charge is 2.36. The van der Waals surface area contributed by atoms with Crippen molar-refractivity contribution < 1.29 is 28.9 Å². The topological polar surface area (TPSA) is 85.4 Å². The standard InChI is InChI=1S/C40H70O6/c1-3-5-7-9-11-13-15-17-18-20-22-24-26-28-32-39(42)44-34-36(41)35-45-40(43)33-29-31-38-37(46-38)30-27-25-23-21-19-16-14-12-10-8-6-4-2/h12,14,19,21,25,27,36-38,41H,3-11,13,15-18,20,22-24,26,28-35H2,1-2H3/b14-12-,21-19-,27-25-/t36-,37?,38?/m0/s1. The van der Waals surface area contributed by atoms with Gasteiger partial charge in [0.1, 0.15) is 19.3 Å². The quantitative estimate of drug-likeness (QED) is 0.0330. The van der Waals surface area contributed by atoms with Gasteiger partial charge in [-0.15, -0.1) is 0 Å². The number of epoxide rings is 1. The summed E-state index contributed by atoms with van der Waals surface area (Å²) in [7, 11) is 0. The number of aliphatic hydroxyl groups excluding tert-OH is 1. The zero-order valence-corrected chi connectivity index (χ0v) is 29.8. The second-order valence-electron chi connectivity index (χ2n) is 13.1. The van der Waals surface area contributed by atoms with Crippen molar-refractivity contribution in [1.29, 1.82) is 0 Å². The van der Waals surface area contributed by atoms with Gasteiger partial charge in [0.05, 0.1) is 12.2 Å². The molecule has 1 fully saturated rings. The van der Waals surface area contributed by atoms with Gasteiger partial charge in [0.2, 0.25) is 0 Å². The second-order valence-corrected chi connectivity index (χ2v) is 13.1. The zero-order valence-electron chi connectivity index (χ0n) is 29.8. The number of unbranched alkanes of at least 4 members (excludes halogenated alkanes) is 16. The van der Waals surface area contributed by atoms with Gasteiger partial charge in [-0.1, -0.05) is 147 Å². The SMILES string of the molecule is CCCCC/C=C\C/C=C\C/C=C\CC1OC1CCCC(=O)OC[C@@H](O)COC(=O)CCCCCCCCCCCCCCCC. The van der Waals surface area contributed by atoms with Gasteiger partial charge in [0, 0.05) is 12.8 Å². The van der Waals surface area contributed by atoms with E-state index >= 15 is 0 Å². The Morgan fingerprint density at radius 2 is 1.04 bits per heavy atom. The Kier molecular flexibility index (Phi) is 29.0. The molecule has 1 heterocycles. The fraction of sp³-hybridized carbons (Fsp3) is 0.800. The van der Waals surface area contributed by atoms with Crippen LogP contribution in [0.15, 0.2) is 36.5 Å². The van der Waals surface area contributed by atoms with E-state index in [2.05, 4.69) is 50.3 Å². The van der Waals surface area contributed by atoms with Gasteiger partial charge in [-0.05, 0) is 51.4 Å². The molecule has 0 saturated carbocycles. The molecule has 3 atom stereocenters. The Morgan fingerprint density at radius 1 is 0.587 bits per heavy atom. The lowest BCUT2D eigenvalue weighted by Crippen LogP contribution is -2.25. The van der Waals surface area contributed by atoms with E-state index in [-0.39, 0.29) is 37.4 Å². The maximum absolute atomic E-state index is 12.0. The number of esters is 2. The maximum atomic E-state index is 12.0. The fourth-order valence-electron chi connectivity index (χ4n) is 5.53. The molecule has 0 spiro atoms. The molecule has 266 valence electrons. The Bertz CT molecular complexity index is 804. The van der Waals surface area contributed by atoms with Crippen LogP contribution in [0.3, 0.4) is 0 Å². The molecule has 6 nitrogen and oxygen atoms in total. The average molecular weight is 647 g/mol. The summed E-state index contributed by atoms with van der Waals surface area (Å²) in [6, 6.07) is 0. The van der Waals surface area contributed by atoms with Gasteiger partial charge >= 0.3 is 11.9 Å². The lowest BCUT2D eigenvalue weighted by Gasteiger charge is -2.12. The Morgan fingerprint density at radius 3 is 1.61 bits per heavy atom. The first-order valence-electron chi connectivity index (χ1n) is 19.2. The Labute approximate surface area is 282 Å². The summed E-state index contributed by atoms with van der Waals surface area (Å²) in [6.07, 6.45) is 40.7. The third-order valence-electron chi connectivity index (χ3n) is 8.55. The number of ether oxygens (including phenoxy) is 3. The molecule has 0 aromatic heterocycles. The third-order valence-corrected chi connectivity index (χ3v) is 8.55. The van der Waals surface area contributed by atoms with Gasteiger partial charge in [0.15, 0.2) is 0 Å². The van der Waals surface area contributed by atoms with Crippen LogP contribution in [0.2, 0.25) is 0 Å². The van der Waals surface area contributed by atoms with E-state index in [1.165, 1.54) is 96.3 Å². The van der Waals surface area contributed by atoms with Crippen molar-refractivity contribution in [3.63, 3.8) is 0 Å². The third kappa shape index (κ3) is 28.3. The summed E-state index contributed by atoms with van der Waals surface area (Å²) >= 11 is 0. The van der Waals surface area contributed by atoms with Gasteiger partial charge < -0.3 is 19.3 Å². The molecule has 6 heteroatoms. The first kappa shape index (κ1) is 42.1. The molecule has 0 aromatic rings. The van der Waals surface area contributed by atoms with E-state index in [1.807, 2.05) is 0 Å².